The van der Waals surface area contributed by atoms with E-state index in [9.17, 15) is 14.7 Å². The normalized spacial score (nSPS) is 17.1. The van der Waals surface area contributed by atoms with Crippen LogP contribution in [0.1, 0.15) is 37.0 Å². The van der Waals surface area contributed by atoms with Crippen molar-refractivity contribution in [2.45, 2.75) is 26.8 Å². The van der Waals surface area contributed by atoms with Crippen LogP contribution in [0.25, 0.3) is 0 Å². The molecule has 6 heteroatoms. The molecule has 132 valence electrons. The van der Waals surface area contributed by atoms with Crippen molar-refractivity contribution in [2.75, 3.05) is 4.90 Å². The molecular weight excluding hydrogens is 332 g/mol. The van der Waals surface area contributed by atoms with Crippen LogP contribution in [-0.2, 0) is 9.59 Å². The summed E-state index contributed by atoms with van der Waals surface area (Å²) >= 11 is 0. The Kier molecular flexibility index (Phi) is 4.39. The van der Waals surface area contributed by atoms with E-state index in [2.05, 4.69) is 0 Å². The maximum absolute atomic E-state index is 12.7. The predicted octanol–water partition coefficient (Wildman–Crippen LogP) is 3.58. The molecule has 1 aliphatic rings. The highest BCUT2D eigenvalue weighted by Crippen LogP contribution is 2.42. The maximum Gasteiger partial charge on any atom is 0.294 e. The quantitative estimate of drug-likeness (QED) is 0.909. The average Bonchev–Trinajstić information content (AvgIpc) is 3.16. The summed E-state index contributed by atoms with van der Waals surface area (Å²) in [5, 5.41) is 19.4. The number of hydrogen-bond acceptors (Lipinski definition) is 5. The van der Waals surface area contributed by atoms with Gasteiger partial charge in [0.25, 0.3) is 5.91 Å². The second kappa shape index (κ2) is 6.52. The molecule has 0 saturated carbocycles. The highest BCUT2D eigenvalue weighted by atomic mass is 16.3. The largest absolute Gasteiger partial charge is 0.503 e. The van der Waals surface area contributed by atoms with Gasteiger partial charge in [-0.25, -0.2) is 0 Å². The summed E-state index contributed by atoms with van der Waals surface area (Å²) < 4.78 is 5.68. The van der Waals surface area contributed by atoms with E-state index in [1.165, 1.54) is 4.90 Å². The predicted molar refractivity (Wildman–Crippen MR) is 94.3 cm³/mol. The lowest BCUT2D eigenvalue weighted by Crippen LogP contribution is -2.31. The van der Waals surface area contributed by atoms with Crippen LogP contribution >= 0.6 is 0 Å². The molecule has 0 saturated heterocycles. The molecule has 0 fully saturated rings. The fourth-order valence-corrected chi connectivity index (χ4v) is 3.00. The number of furan rings is 1. The zero-order valence-corrected chi connectivity index (χ0v) is 14.7. The first-order chi connectivity index (χ1) is 12.3. The summed E-state index contributed by atoms with van der Waals surface area (Å²) in [7, 11) is 0. The van der Waals surface area contributed by atoms with Gasteiger partial charge in [0.1, 0.15) is 17.6 Å². The Balaban J connectivity index is 2.15. The number of Topliss-reactive ketones (excluding diaryl/α,β-unsaturated/α-hetero) is 1. The van der Waals surface area contributed by atoms with Gasteiger partial charge in [-0.3, -0.25) is 14.5 Å². The third kappa shape index (κ3) is 2.78. The Labute approximate surface area is 151 Å². The lowest BCUT2D eigenvalue weighted by atomic mass is 9.94. The molecule has 0 aliphatic carbocycles. The van der Waals surface area contributed by atoms with E-state index in [1.807, 2.05) is 6.07 Å². The first-order valence-corrected chi connectivity index (χ1v) is 8.22. The Morgan fingerprint density at radius 3 is 2.38 bits per heavy atom. The van der Waals surface area contributed by atoms with Gasteiger partial charge < -0.3 is 9.52 Å². The van der Waals surface area contributed by atoms with E-state index in [-0.39, 0.29) is 17.3 Å². The Hall–Kier alpha value is -3.33. The molecule has 2 heterocycles. The number of carbonyl (C=O) groups excluding carboxylic acids is 2. The Morgan fingerprint density at radius 1 is 1.23 bits per heavy atom. The third-order valence-electron chi connectivity index (χ3n) is 4.30. The van der Waals surface area contributed by atoms with Crippen molar-refractivity contribution in [3.05, 3.63) is 64.8 Å². The lowest BCUT2D eigenvalue weighted by Gasteiger charge is -2.25. The van der Waals surface area contributed by atoms with Crippen molar-refractivity contribution in [3.8, 4) is 6.07 Å². The van der Waals surface area contributed by atoms with E-state index in [0.29, 0.717) is 22.8 Å². The van der Waals surface area contributed by atoms with Gasteiger partial charge in [-0.15, -0.1) is 0 Å². The number of aliphatic hydroxyl groups excluding tert-OH is 1. The second-order valence-electron chi connectivity index (χ2n) is 6.47. The van der Waals surface area contributed by atoms with Gasteiger partial charge in [0, 0.05) is 11.6 Å². The first-order valence-electron chi connectivity index (χ1n) is 8.22. The zero-order chi connectivity index (χ0) is 19.0. The topological polar surface area (TPSA) is 94.5 Å². The summed E-state index contributed by atoms with van der Waals surface area (Å²) in [5.41, 5.74) is 0.941. The van der Waals surface area contributed by atoms with Gasteiger partial charge in [-0.1, -0.05) is 13.8 Å². The number of aliphatic hydroxyl groups is 1. The van der Waals surface area contributed by atoms with Crippen molar-refractivity contribution < 1.29 is 19.1 Å². The first kappa shape index (κ1) is 17.5. The number of ketones is 1. The van der Waals surface area contributed by atoms with Crippen LogP contribution in [0.3, 0.4) is 0 Å². The van der Waals surface area contributed by atoms with E-state index in [1.54, 1.807) is 57.2 Å². The van der Waals surface area contributed by atoms with Gasteiger partial charge in [0.15, 0.2) is 11.5 Å². The van der Waals surface area contributed by atoms with Crippen molar-refractivity contribution in [2.24, 2.45) is 5.92 Å². The molecule has 1 aromatic carbocycles. The van der Waals surface area contributed by atoms with Gasteiger partial charge in [0.05, 0.1) is 17.2 Å². The fourth-order valence-electron chi connectivity index (χ4n) is 3.00. The molecule has 0 spiro atoms. The van der Waals surface area contributed by atoms with E-state index in [0.717, 1.165) is 0 Å². The minimum atomic E-state index is -0.848. The van der Waals surface area contributed by atoms with E-state index >= 15 is 0 Å². The summed E-state index contributed by atoms with van der Waals surface area (Å²) in [5.74, 6) is -0.904. The van der Waals surface area contributed by atoms with Crippen molar-refractivity contribution in [1.29, 1.82) is 5.26 Å². The maximum atomic E-state index is 12.7. The number of amides is 1. The number of rotatable bonds is 4. The molecule has 6 nitrogen and oxygen atoms in total. The Bertz CT molecular complexity index is 945. The summed E-state index contributed by atoms with van der Waals surface area (Å²) in [6, 6.07) is 11.0. The monoisotopic (exact) mass is 350 g/mol. The minimum absolute atomic E-state index is 0.0312. The van der Waals surface area contributed by atoms with Crippen molar-refractivity contribution >= 4 is 17.4 Å². The van der Waals surface area contributed by atoms with Crippen LogP contribution < -0.4 is 4.90 Å². The molecule has 26 heavy (non-hydrogen) atoms. The number of benzene rings is 1. The van der Waals surface area contributed by atoms with Crippen LogP contribution in [0.15, 0.2) is 52.1 Å². The molecule has 1 aromatic heterocycles. The Morgan fingerprint density at radius 2 is 1.88 bits per heavy atom. The lowest BCUT2D eigenvalue weighted by molar-refractivity contribution is -0.119. The number of carbonyl (C=O) groups is 2. The second-order valence-corrected chi connectivity index (χ2v) is 6.47. The SMILES string of the molecule is Cc1ccc(C2C(C(=O)C(C)C)=C(O)C(=O)N2c2ccc(C#N)cc2)o1. The highest BCUT2D eigenvalue weighted by molar-refractivity contribution is 6.16. The fraction of sp³-hybridized carbons (Fsp3) is 0.250. The third-order valence-corrected chi connectivity index (χ3v) is 4.30. The van der Waals surface area contributed by atoms with Crippen LogP contribution in [0.2, 0.25) is 0 Å². The van der Waals surface area contributed by atoms with Gasteiger partial charge in [0.2, 0.25) is 0 Å². The van der Waals surface area contributed by atoms with Crippen molar-refractivity contribution in [1.82, 2.24) is 0 Å². The molecule has 1 unspecified atom stereocenters. The molecule has 3 rings (SSSR count). The molecule has 1 atom stereocenters. The number of nitrogens with zero attached hydrogens (tertiary/aromatic N) is 2. The van der Waals surface area contributed by atoms with Gasteiger partial charge in [-0.2, -0.15) is 5.26 Å². The standard InChI is InChI=1S/C20H18N2O4/c1-11(2)18(23)16-17(15-9-4-12(3)26-15)22(20(25)19(16)24)14-7-5-13(10-21)6-8-14/h4-9,11,17,24H,1-3H3. The molecule has 2 aromatic rings. The van der Waals surface area contributed by atoms with Gasteiger partial charge in [-0.05, 0) is 43.3 Å². The van der Waals surface area contributed by atoms with Crippen LogP contribution in [0.5, 0.6) is 0 Å². The van der Waals surface area contributed by atoms with Crippen LogP contribution in [0.4, 0.5) is 5.69 Å². The molecule has 0 bridgehead atoms. The summed E-state index contributed by atoms with van der Waals surface area (Å²) in [6.07, 6.45) is 0. The zero-order valence-electron chi connectivity index (χ0n) is 14.7. The number of aryl methyl sites for hydroxylation is 1. The molecule has 1 aliphatic heterocycles. The smallest absolute Gasteiger partial charge is 0.294 e. The van der Waals surface area contributed by atoms with Crippen LogP contribution in [-0.4, -0.2) is 16.8 Å². The molecule has 0 radical (unpaired) electrons. The number of nitriles is 1. The summed E-state index contributed by atoms with van der Waals surface area (Å²) in [4.78, 5) is 26.8. The minimum Gasteiger partial charge on any atom is -0.503 e. The van der Waals surface area contributed by atoms with E-state index in [4.69, 9.17) is 9.68 Å². The number of anilines is 1. The summed E-state index contributed by atoms with van der Waals surface area (Å²) in [6.45, 7) is 5.18. The van der Waals surface area contributed by atoms with Crippen molar-refractivity contribution in [3.63, 3.8) is 0 Å². The molecule has 1 amide bonds. The average molecular weight is 350 g/mol. The van der Waals surface area contributed by atoms with Gasteiger partial charge >= 0.3 is 0 Å². The molecule has 1 N–H and O–H groups in total. The highest BCUT2D eigenvalue weighted by Gasteiger charge is 2.46. The number of hydrogen-bond donors (Lipinski definition) is 1. The van der Waals surface area contributed by atoms with Crippen LogP contribution in [0, 0.1) is 24.2 Å². The van der Waals surface area contributed by atoms with E-state index < -0.39 is 17.7 Å². The molecular formula is C20H18N2O4.